The number of rotatable bonds is 13. The normalized spacial score (nSPS) is 13.7. The molecule has 2 atom stereocenters. The summed E-state index contributed by atoms with van der Waals surface area (Å²) in [5, 5.41) is 16.4. The molecule has 0 bridgehead atoms. The summed E-state index contributed by atoms with van der Waals surface area (Å²) in [6.07, 6.45) is -0.556. The van der Waals surface area contributed by atoms with E-state index in [1.165, 1.54) is 5.56 Å². The van der Waals surface area contributed by atoms with Gasteiger partial charge in [-0.1, -0.05) is 51.1 Å². The molecule has 0 fully saturated rings. The van der Waals surface area contributed by atoms with Crippen molar-refractivity contribution in [3.05, 3.63) is 35.9 Å². The summed E-state index contributed by atoms with van der Waals surface area (Å²) in [5.41, 5.74) is 1.18. The lowest BCUT2D eigenvalue weighted by Gasteiger charge is -2.17. The number of ether oxygens (including phenoxy) is 2. The maximum absolute atomic E-state index is 9.99. The van der Waals surface area contributed by atoms with Gasteiger partial charge in [-0.05, 0) is 24.3 Å². The lowest BCUT2D eigenvalue weighted by Crippen LogP contribution is -2.42. The number of guanidine groups is 1. The van der Waals surface area contributed by atoms with Crippen molar-refractivity contribution in [2.75, 3.05) is 39.5 Å². The highest BCUT2D eigenvalue weighted by atomic mass is 127. The van der Waals surface area contributed by atoms with Crippen molar-refractivity contribution in [1.82, 2.24) is 10.6 Å². The number of halogens is 1. The minimum absolute atomic E-state index is 0. The fraction of sp³-hybridized carbons (Fsp3) is 0.667. The maximum atomic E-state index is 9.99. The van der Waals surface area contributed by atoms with Crippen LogP contribution < -0.4 is 10.6 Å². The summed E-state index contributed by atoms with van der Waals surface area (Å²) >= 11 is 0. The fourth-order valence-corrected chi connectivity index (χ4v) is 2.31. The number of aliphatic imine (C=N–C) groups is 1. The number of nitrogens with one attached hydrogen (secondary N) is 2. The molecule has 0 spiro atoms. The molecule has 0 aromatic heterocycles. The van der Waals surface area contributed by atoms with Gasteiger partial charge in [0, 0.05) is 26.2 Å². The van der Waals surface area contributed by atoms with E-state index in [0.29, 0.717) is 57.3 Å². The fourth-order valence-electron chi connectivity index (χ4n) is 2.31. The third kappa shape index (κ3) is 14.1. The van der Waals surface area contributed by atoms with Crippen molar-refractivity contribution in [2.24, 2.45) is 16.8 Å². The number of hydrogen-bond acceptors (Lipinski definition) is 4. The molecule has 0 radical (unpaired) electrons. The minimum atomic E-state index is -0.556. The zero-order valence-corrected chi connectivity index (χ0v) is 20.0. The number of hydrogen-bond donors (Lipinski definition) is 3. The first-order chi connectivity index (χ1) is 13.0. The van der Waals surface area contributed by atoms with Gasteiger partial charge in [0.15, 0.2) is 5.96 Å². The smallest absolute Gasteiger partial charge is 0.191 e. The third-order valence-electron chi connectivity index (χ3n) is 3.69. The van der Waals surface area contributed by atoms with Gasteiger partial charge in [0.05, 0.1) is 25.9 Å². The van der Waals surface area contributed by atoms with Crippen LogP contribution in [0.2, 0.25) is 0 Å². The Labute approximate surface area is 187 Å². The number of nitrogens with zero attached hydrogens (tertiary/aromatic N) is 1. The summed E-state index contributed by atoms with van der Waals surface area (Å²) in [4.78, 5) is 4.58. The van der Waals surface area contributed by atoms with Gasteiger partial charge in [-0.3, -0.25) is 4.99 Å². The van der Waals surface area contributed by atoms with E-state index in [9.17, 15) is 5.11 Å². The Morgan fingerprint density at radius 3 is 2.39 bits per heavy atom. The highest BCUT2D eigenvalue weighted by Crippen LogP contribution is 2.03. The molecule has 28 heavy (non-hydrogen) atoms. The van der Waals surface area contributed by atoms with E-state index in [-0.39, 0.29) is 24.0 Å². The summed E-state index contributed by atoms with van der Waals surface area (Å²) in [5.74, 6) is 1.48. The first-order valence-electron chi connectivity index (χ1n) is 9.90. The molecule has 7 heteroatoms. The first-order valence-corrected chi connectivity index (χ1v) is 9.90. The molecular weight excluding hydrogens is 469 g/mol. The third-order valence-corrected chi connectivity index (χ3v) is 3.69. The van der Waals surface area contributed by atoms with E-state index in [4.69, 9.17) is 9.47 Å². The monoisotopic (exact) mass is 507 g/mol. The van der Waals surface area contributed by atoms with Crippen molar-refractivity contribution in [2.45, 2.75) is 40.4 Å². The van der Waals surface area contributed by atoms with Gasteiger partial charge < -0.3 is 25.2 Å². The van der Waals surface area contributed by atoms with Gasteiger partial charge in [-0.25, -0.2) is 0 Å². The van der Waals surface area contributed by atoms with E-state index in [1.54, 1.807) is 0 Å². The van der Waals surface area contributed by atoms with Gasteiger partial charge in [0.1, 0.15) is 0 Å². The maximum Gasteiger partial charge on any atom is 0.191 e. The van der Waals surface area contributed by atoms with Crippen LogP contribution in [-0.2, 0) is 16.1 Å². The van der Waals surface area contributed by atoms with Gasteiger partial charge in [-0.15, -0.1) is 24.0 Å². The van der Waals surface area contributed by atoms with Crippen LogP contribution in [0.5, 0.6) is 0 Å². The number of benzene rings is 1. The van der Waals surface area contributed by atoms with Crippen LogP contribution in [0.3, 0.4) is 0 Å². The van der Waals surface area contributed by atoms with Gasteiger partial charge in [-0.2, -0.15) is 0 Å². The molecule has 0 aliphatic heterocycles. The van der Waals surface area contributed by atoms with Gasteiger partial charge in [0.25, 0.3) is 0 Å². The Balaban J connectivity index is 0.00000729. The molecule has 2 unspecified atom stereocenters. The van der Waals surface area contributed by atoms with Crippen molar-refractivity contribution in [3.63, 3.8) is 0 Å². The van der Waals surface area contributed by atoms with Gasteiger partial charge >= 0.3 is 0 Å². The molecule has 1 rings (SSSR count). The molecule has 3 N–H and O–H groups in total. The van der Waals surface area contributed by atoms with E-state index in [0.717, 1.165) is 6.54 Å². The molecular formula is C21H38IN3O3. The zero-order valence-electron chi connectivity index (χ0n) is 17.7. The summed E-state index contributed by atoms with van der Waals surface area (Å²) in [6, 6.07) is 10.2. The largest absolute Gasteiger partial charge is 0.389 e. The quantitative estimate of drug-likeness (QED) is 0.218. The van der Waals surface area contributed by atoms with Crippen molar-refractivity contribution >= 4 is 29.9 Å². The standard InChI is InChI=1S/C21H37N3O3.HI/c1-5-22-21(24-12-20(25)16-26-13-17(2)3)23-11-18(4)14-27-15-19-9-7-6-8-10-19;/h6-10,17-18,20,25H,5,11-16H2,1-4H3,(H2,22,23,24);1H. The van der Waals surface area contributed by atoms with Crippen molar-refractivity contribution < 1.29 is 14.6 Å². The summed E-state index contributed by atoms with van der Waals surface area (Å²) in [7, 11) is 0. The van der Waals surface area contributed by atoms with E-state index in [1.807, 2.05) is 25.1 Å². The van der Waals surface area contributed by atoms with E-state index < -0.39 is 6.10 Å². The second-order valence-corrected chi connectivity index (χ2v) is 7.29. The average Bonchev–Trinajstić information content (AvgIpc) is 2.64. The Hall–Kier alpha value is -0.900. The highest BCUT2D eigenvalue weighted by Gasteiger charge is 2.08. The zero-order chi connectivity index (χ0) is 19.9. The molecule has 6 nitrogen and oxygen atoms in total. The number of aliphatic hydroxyl groups excluding tert-OH is 1. The van der Waals surface area contributed by atoms with Crippen LogP contribution in [0.4, 0.5) is 0 Å². The molecule has 1 aromatic rings. The lowest BCUT2D eigenvalue weighted by molar-refractivity contribution is 0.0280. The van der Waals surface area contributed by atoms with Crippen LogP contribution >= 0.6 is 24.0 Å². The van der Waals surface area contributed by atoms with Crippen LogP contribution in [0.1, 0.15) is 33.3 Å². The second kappa shape index (κ2) is 17.0. The Morgan fingerprint density at radius 2 is 1.75 bits per heavy atom. The topological polar surface area (TPSA) is 75.1 Å². The van der Waals surface area contributed by atoms with Crippen molar-refractivity contribution in [3.8, 4) is 0 Å². The predicted molar refractivity (Wildman–Crippen MR) is 126 cm³/mol. The number of aliphatic hydroxyl groups is 1. The molecule has 1 aromatic carbocycles. The Morgan fingerprint density at radius 1 is 1.04 bits per heavy atom. The molecule has 162 valence electrons. The summed E-state index contributed by atoms with van der Waals surface area (Å²) < 4.78 is 11.2. The van der Waals surface area contributed by atoms with E-state index >= 15 is 0 Å². The molecule has 0 heterocycles. The molecule has 0 aliphatic rings. The van der Waals surface area contributed by atoms with Crippen LogP contribution in [-0.4, -0.2) is 56.6 Å². The van der Waals surface area contributed by atoms with Crippen LogP contribution in [0.25, 0.3) is 0 Å². The average molecular weight is 507 g/mol. The molecule has 0 amide bonds. The minimum Gasteiger partial charge on any atom is -0.389 e. The van der Waals surface area contributed by atoms with Gasteiger partial charge in [0.2, 0.25) is 0 Å². The van der Waals surface area contributed by atoms with E-state index in [2.05, 4.69) is 48.5 Å². The SMILES string of the molecule is CCNC(=NCC(C)COCc1ccccc1)NCC(O)COCC(C)C.I. The van der Waals surface area contributed by atoms with Crippen LogP contribution in [0.15, 0.2) is 35.3 Å². The Kier molecular flexibility index (Phi) is 16.5. The van der Waals surface area contributed by atoms with Crippen LogP contribution in [0, 0.1) is 11.8 Å². The second-order valence-electron chi connectivity index (χ2n) is 7.29. The van der Waals surface area contributed by atoms with Crippen molar-refractivity contribution in [1.29, 1.82) is 0 Å². The Bertz CT molecular complexity index is 515. The first kappa shape index (κ1) is 27.1. The lowest BCUT2D eigenvalue weighted by atomic mass is 10.2. The summed E-state index contributed by atoms with van der Waals surface area (Å²) in [6.45, 7) is 12.4. The highest BCUT2D eigenvalue weighted by molar-refractivity contribution is 14.0. The molecule has 0 saturated heterocycles. The molecule has 0 aliphatic carbocycles. The molecule has 0 saturated carbocycles. The predicted octanol–water partition coefficient (Wildman–Crippen LogP) is 3.05.